The second-order valence-electron chi connectivity index (χ2n) is 12.5. The molecule has 2 aromatic carbocycles. The molecule has 0 bridgehead atoms. The van der Waals surface area contributed by atoms with Crippen LogP contribution in [0.25, 0.3) is 16.9 Å². The number of hydrogen-bond donors (Lipinski definition) is 1. The zero-order valence-electron chi connectivity index (χ0n) is 27.7. The lowest BCUT2D eigenvalue weighted by Gasteiger charge is -2.37. The number of rotatable bonds is 7. The fraction of sp³-hybridized carbons (Fsp3) is 0.382. The summed E-state index contributed by atoms with van der Waals surface area (Å²) in [5.41, 5.74) is 3.12. The Balaban J connectivity index is 1.24. The third kappa shape index (κ3) is 7.13. The van der Waals surface area contributed by atoms with Crippen LogP contribution in [0.5, 0.6) is 5.75 Å². The second-order valence-corrected chi connectivity index (χ2v) is 12.5. The van der Waals surface area contributed by atoms with Crippen LogP contribution >= 0.6 is 0 Å². The smallest absolute Gasteiger partial charge is 0.410 e. The molecule has 1 aliphatic rings. The monoisotopic (exact) mass is 645 g/mol. The number of ether oxygens (including phenoxy) is 2. The predicted octanol–water partition coefficient (Wildman–Crippen LogP) is 5.14. The number of imidazole rings is 1. The van der Waals surface area contributed by atoms with Gasteiger partial charge in [0.2, 0.25) is 5.91 Å². The number of fused-ring (bicyclic) bond motifs is 1. The van der Waals surface area contributed by atoms with E-state index in [-0.39, 0.29) is 17.6 Å². The molecule has 12 nitrogen and oxygen atoms in total. The Bertz CT molecular complexity index is 1810. The van der Waals surface area contributed by atoms with Crippen molar-refractivity contribution in [3.8, 4) is 17.0 Å². The molecular formula is C34H40FN7O5. The largest absolute Gasteiger partial charge is 0.494 e. The van der Waals surface area contributed by atoms with E-state index in [0.29, 0.717) is 65.7 Å². The maximum atomic E-state index is 14.4. The van der Waals surface area contributed by atoms with Gasteiger partial charge in [-0.1, -0.05) is 0 Å². The minimum Gasteiger partial charge on any atom is -0.494 e. The fourth-order valence-corrected chi connectivity index (χ4v) is 5.40. The Kier molecular flexibility index (Phi) is 9.36. The lowest BCUT2D eigenvalue weighted by atomic mass is 10.1. The van der Waals surface area contributed by atoms with E-state index in [9.17, 15) is 18.8 Å². The molecule has 3 heterocycles. The second kappa shape index (κ2) is 13.3. The normalized spacial score (nSPS) is 14.1. The zero-order valence-corrected chi connectivity index (χ0v) is 27.7. The lowest BCUT2D eigenvalue weighted by molar-refractivity contribution is -0.137. The van der Waals surface area contributed by atoms with Gasteiger partial charge < -0.3 is 29.5 Å². The van der Waals surface area contributed by atoms with Crippen LogP contribution in [0.15, 0.2) is 55.0 Å². The highest BCUT2D eigenvalue weighted by atomic mass is 19.1. The van der Waals surface area contributed by atoms with Crippen molar-refractivity contribution in [3.05, 3.63) is 71.9 Å². The molecule has 0 saturated carbocycles. The van der Waals surface area contributed by atoms with E-state index in [1.54, 1.807) is 66.6 Å². The van der Waals surface area contributed by atoms with E-state index in [2.05, 4.69) is 15.3 Å². The highest BCUT2D eigenvalue weighted by molar-refractivity contribution is 5.99. The van der Waals surface area contributed by atoms with E-state index in [1.165, 1.54) is 18.1 Å². The summed E-state index contributed by atoms with van der Waals surface area (Å²) in [5, 5.41) is 3.27. The van der Waals surface area contributed by atoms with Gasteiger partial charge in [-0.3, -0.25) is 14.0 Å². The molecule has 1 saturated heterocycles. The number of anilines is 2. The summed E-state index contributed by atoms with van der Waals surface area (Å²) >= 11 is 0. The summed E-state index contributed by atoms with van der Waals surface area (Å²) < 4.78 is 26.7. The predicted molar refractivity (Wildman–Crippen MR) is 175 cm³/mol. The number of methoxy groups -OCH3 is 1. The summed E-state index contributed by atoms with van der Waals surface area (Å²) in [7, 11) is 3.03. The molecule has 0 aliphatic carbocycles. The van der Waals surface area contributed by atoms with Gasteiger partial charge in [-0.2, -0.15) is 0 Å². The van der Waals surface area contributed by atoms with Gasteiger partial charge in [-0.25, -0.2) is 19.2 Å². The minimum atomic E-state index is -0.705. The molecule has 248 valence electrons. The maximum Gasteiger partial charge on any atom is 0.410 e. The van der Waals surface area contributed by atoms with Crippen molar-refractivity contribution in [1.29, 1.82) is 0 Å². The number of aryl methyl sites for hydroxylation is 1. The molecule has 3 amide bonds. The first-order chi connectivity index (χ1) is 22.3. The van der Waals surface area contributed by atoms with Gasteiger partial charge in [-0.05, 0) is 76.6 Å². The first kappa shape index (κ1) is 33.2. The molecule has 47 heavy (non-hydrogen) atoms. The number of carbonyl (C=O) groups excluding carboxylic acids is 3. The number of halogens is 1. The number of amides is 3. The van der Waals surface area contributed by atoms with Gasteiger partial charge in [0.1, 0.15) is 11.6 Å². The highest BCUT2D eigenvalue weighted by Crippen LogP contribution is 2.29. The van der Waals surface area contributed by atoms with Crippen molar-refractivity contribution in [3.63, 3.8) is 0 Å². The standard InChI is InChI=1S/C34H40FN7O5/c1-21-18-24(38-29-30-37-20-27(42(30)13-12-36-29)23-8-11-28(46-7)26(35)19-23)9-10-25(21)32(44)39(6)22(2)31(43)40-14-16-41(17-15-40)33(45)47-34(3,4)5/h8-13,18-20,22H,14-17H2,1-7H3,(H,36,38). The topological polar surface area (TPSA) is 122 Å². The Morgan fingerprint density at radius 3 is 2.36 bits per heavy atom. The number of likely N-dealkylation sites (N-methyl/N-ethyl adjacent to an activating group) is 1. The van der Waals surface area contributed by atoms with Crippen LogP contribution in [0.2, 0.25) is 0 Å². The van der Waals surface area contributed by atoms with Crippen LogP contribution in [0.3, 0.4) is 0 Å². The summed E-state index contributed by atoms with van der Waals surface area (Å²) in [6.45, 7) is 10.4. The van der Waals surface area contributed by atoms with Crippen LogP contribution < -0.4 is 10.1 Å². The summed E-state index contributed by atoms with van der Waals surface area (Å²) in [4.78, 5) is 52.9. The van der Waals surface area contributed by atoms with Crippen molar-refractivity contribution < 1.29 is 28.2 Å². The molecule has 2 aromatic heterocycles. The minimum absolute atomic E-state index is 0.159. The number of aromatic nitrogens is 3. The quantitative estimate of drug-likeness (QED) is 0.294. The van der Waals surface area contributed by atoms with Gasteiger partial charge in [-0.15, -0.1) is 0 Å². The number of nitrogens with zero attached hydrogens (tertiary/aromatic N) is 6. The molecule has 13 heteroatoms. The number of nitrogens with one attached hydrogen (secondary N) is 1. The van der Waals surface area contributed by atoms with Crippen LogP contribution in [-0.2, 0) is 9.53 Å². The summed E-state index contributed by atoms with van der Waals surface area (Å²) in [6.07, 6.45) is 4.62. The molecule has 1 aliphatic heterocycles. The SMILES string of the molecule is COc1ccc(-c2cnc3c(Nc4ccc(C(=O)N(C)C(C)C(=O)N5CCN(C(=O)OC(C)(C)C)CC5)c(C)c4)nccn23)cc1F. The van der Waals surface area contributed by atoms with E-state index in [0.717, 1.165) is 0 Å². The molecule has 5 rings (SSSR count). The first-order valence-electron chi connectivity index (χ1n) is 15.3. The van der Waals surface area contributed by atoms with Gasteiger partial charge >= 0.3 is 6.09 Å². The zero-order chi connectivity index (χ0) is 34.0. The molecule has 4 aromatic rings. The van der Waals surface area contributed by atoms with Crippen molar-refractivity contribution >= 4 is 35.1 Å². The average Bonchev–Trinajstić information content (AvgIpc) is 3.48. The maximum absolute atomic E-state index is 14.4. The summed E-state index contributed by atoms with van der Waals surface area (Å²) in [6, 6.07) is 9.33. The average molecular weight is 646 g/mol. The van der Waals surface area contributed by atoms with Crippen molar-refractivity contribution in [1.82, 2.24) is 29.1 Å². The van der Waals surface area contributed by atoms with E-state index in [4.69, 9.17) is 9.47 Å². The van der Waals surface area contributed by atoms with Crippen LogP contribution in [0, 0.1) is 12.7 Å². The molecule has 1 atom stereocenters. The summed E-state index contributed by atoms with van der Waals surface area (Å²) in [5.74, 6) is -0.302. The van der Waals surface area contributed by atoms with Crippen molar-refractivity contribution in [2.75, 3.05) is 45.7 Å². The van der Waals surface area contributed by atoms with Crippen LogP contribution in [0.1, 0.15) is 43.6 Å². The number of benzene rings is 2. The fourth-order valence-electron chi connectivity index (χ4n) is 5.40. The number of carbonyl (C=O) groups is 3. The van der Waals surface area contributed by atoms with Gasteiger partial charge in [0.15, 0.2) is 23.0 Å². The molecule has 1 unspecified atom stereocenters. The Hall–Kier alpha value is -5.20. The Morgan fingerprint density at radius 2 is 1.72 bits per heavy atom. The van der Waals surface area contributed by atoms with Crippen LogP contribution in [-0.4, -0.2) is 99.0 Å². The Labute approximate surface area is 273 Å². The van der Waals surface area contributed by atoms with Crippen LogP contribution in [0.4, 0.5) is 20.7 Å². The van der Waals surface area contributed by atoms with E-state index >= 15 is 0 Å². The van der Waals surface area contributed by atoms with Gasteiger partial charge in [0.05, 0.1) is 19.0 Å². The lowest BCUT2D eigenvalue weighted by Crippen LogP contribution is -2.55. The first-order valence-corrected chi connectivity index (χ1v) is 15.3. The van der Waals surface area contributed by atoms with E-state index < -0.39 is 23.6 Å². The van der Waals surface area contributed by atoms with Gasteiger partial charge in [0, 0.05) is 62.4 Å². The van der Waals surface area contributed by atoms with Gasteiger partial charge in [0.25, 0.3) is 5.91 Å². The molecule has 0 radical (unpaired) electrons. The highest BCUT2D eigenvalue weighted by Gasteiger charge is 2.32. The third-order valence-corrected chi connectivity index (χ3v) is 8.10. The molecule has 0 spiro atoms. The van der Waals surface area contributed by atoms with Crippen molar-refractivity contribution in [2.45, 2.75) is 46.3 Å². The molecule has 1 fully saturated rings. The van der Waals surface area contributed by atoms with E-state index in [1.807, 2.05) is 38.2 Å². The van der Waals surface area contributed by atoms with Crippen molar-refractivity contribution in [2.24, 2.45) is 0 Å². The number of hydrogen-bond acceptors (Lipinski definition) is 8. The molecule has 1 N–H and O–H groups in total. The Morgan fingerprint density at radius 1 is 1.02 bits per heavy atom. The third-order valence-electron chi connectivity index (χ3n) is 8.10. The molecular weight excluding hydrogens is 605 g/mol. The number of piperazine rings is 1.